The Labute approximate surface area is 150 Å². The molecule has 0 aliphatic carbocycles. The molecule has 1 saturated heterocycles. The number of carbonyl (C=O) groups excluding carboxylic acids is 2. The number of urea groups is 1. The zero-order valence-electron chi connectivity index (χ0n) is 15.5. The lowest BCUT2D eigenvalue weighted by molar-refractivity contribution is -0.114. The molecule has 3 amide bonds. The molecule has 1 heterocycles. The lowest BCUT2D eigenvalue weighted by atomic mass is 10.1. The molecule has 1 aromatic rings. The lowest BCUT2D eigenvalue weighted by Gasteiger charge is -2.20. The first-order valence-corrected chi connectivity index (χ1v) is 9.06. The Kier molecular flexibility index (Phi) is 7.25. The van der Waals surface area contributed by atoms with E-state index in [2.05, 4.69) is 34.7 Å². The van der Waals surface area contributed by atoms with Crippen molar-refractivity contribution < 1.29 is 9.59 Å². The summed E-state index contributed by atoms with van der Waals surface area (Å²) in [5, 5.41) is 8.62. The molecular weight excluding hydrogens is 316 g/mol. The van der Waals surface area contributed by atoms with E-state index in [9.17, 15) is 9.59 Å². The Balaban J connectivity index is 1.61. The van der Waals surface area contributed by atoms with Crippen LogP contribution in [0.15, 0.2) is 24.3 Å². The van der Waals surface area contributed by atoms with Crippen molar-refractivity contribution in [3.05, 3.63) is 29.8 Å². The predicted octanol–water partition coefficient (Wildman–Crippen LogP) is 2.22. The van der Waals surface area contributed by atoms with Crippen molar-refractivity contribution in [1.29, 1.82) is 0 Å². The van der Waals surface area contributed by atoms with Crippen LogP contribution in [-0.2, 0) is 11.2 Å². The highest BCUT2D eigenvalue weighted by molar-refractivity contribution is 5.88. The van der Waals surface area contributed by atoms with Gasteiger partial charge in [-0.3, -0.25) is 4.79 Å². The number of hydrogen-bond donors (Lipinski definition) is 3. The molecule has 138 valence electrons. The quantitative estimate of drug-likeness (QED) is 0.709. The first-order chi connectivity index (χ1) is 11.9. The van der Waals surface area contributed by atoms with E-state index in [0.717, 1.165) is 43.7 Å². The molecule has 0 radical (unpaired) electrons. The molecule has 2 rings (SSSR count). The van der Waals surface area contributed by atoms with Crippen LogP contribution in [0.3, 0.4) is 0 Å². The van der Waals surface area contributed by atoms with E-state index in [1.54, 1.807) is 0 Å². The number of hydrogen-bond acceptors (Lipinski definition) is 3. The van der Waals surface area contributed by atoms with E-state index in [1.807, 2.05) is 24.3 Å². The average Bonchev–Trinajstić information content (AvgIpc) is 3.03. The van der Waals surface area contributed by atoms with Crippen LogP contribution in [0.25, 0.3) is 0 Å². The monoisotopic (exact) mass is 346 g/mol. The third-order valence-electron chi connectivity index (χ3n) is 4.57. The zero-order valence-corrected chi connectivity index (χ0v) is 15.5. The summed E-state index contributed by atoms with van der Waals surface area (Å²) in [6.07, 6.45) is 1.91. The highest BCUT2D eigenvalue weighted by Gasteiger charge is 2.24. The standard InChI is InChI=1S/C19H30N4O2/c1-14(2)23-11-9-17(13-23)12-21-19(25)20-10-8-16-4-6-18(7-5-16)22-15(3)24/h4-7,14,17H,8-13H2,1-3H3,(H,22,24)(H2,20,21,25)/t17-/m0/s1. The second-order valence-electron chi connectivity index (χ2n) is 7.01. The molecule has 1 aliphatic heterocycles. The Bertz CT molecular complexity index is 571. The third kappa shape index (κ3) is 6.74. The van der Waals surface area contributed by atoms with Gasteiger partial charge in [-0.2, -0.15) is 0 Å². The molecule has 0 unspecified atom stereocenters. The fourth-order valence-corrected chi connectivity index (χ4v) is 3.08. The van der Waals surface area contributed by atoms with Crippen molar-refractivity contribution in [3.63, 3.8) is 0 Å². The molecule has 1 atom stereocenters. The lowest BCUT2D eigenvalue weighted by Crippen LogP contribution is -2.39. The van der Waals surface area contributed by atoms with Gasteiger partial charge in [0.1, 0.15) is 0 Å². The second kappa shape index (κ2) is 9.42. The number of likely N-dealkylation sites (tertiary alicyclic amines) is 1. The van der Waals surface area contributed by atoms with Crippen molar-refractivity contribution in [2.45, 2.75) is 39.7 Å². The number of carbonyl (C=O) groups is 2. The van der Waals surface area contributed by atoms with Crippen LogP contribution < -0.4 is 16.0 Å². The Hall–Kier alpha value is -2.08. The summed E-state index contributed by atoms with van der Waals surface area (Å²) in [4.78, 5) is 25.3. The molecular formula is C19H30N4O2. The molecule has 25 heavy (non-hydrogen) atoms. The van der Waals surface area contributed by atoms with Crippen molar-refractivity contribution in [1.82, 2.24) is 15.5 Å². The number of rotatable bonds is 7. The minimum absolute atomic E-state index is 0.0788. The van der Waals surface area contributed by atoms with E-state index in [1.165, 1.54) is 6.92 Å². The van der Waals surface area contributed by atoms with Gasteiger partial charge in [-0.1, -0.05) is 12.1 Å². The predicted molar refractivity (Wildman–Crippen MR) is 101 cm³/mol. The van der Waals surface area contributed by atoms with Crippen LogP contribution in [0.4, 0.5) is 10.5 Å². The fraction of sp³-hybridized carbons (Fsp3) is 0.579. The van der Waals surface area contributed by atoms with Gasteiger partial charge < -0.3 is 20.9 Å². The van der Waals surface area contributed by atoms with Gasteiger partial charge in [-0.25, -0.2) is 4.79 Å². The molecule has 0 aromatic heterocycles. The second-order valence-corrected chi connectivity index (χ2v) is 7.01. The number of amides is 3. The molecule has 1 aromatic carbocycles. The Morgan fingerprint density at radius 1 is 1.20 bits per heavy atom. The summed E-state index contributed by atoms with van der Waals surface area (Å²) in [5.41, 5.74) is 1.91. The molecule has 3 N–H and O–H groups in total. The molecule has 6 heteroatoms. The van der Waals surface area contributed by atoms with Gasteiger partial charge in [0, 0.05) is 38.3 Å². The number of nitrogens with one attached hydrogen (secondary N) is 3. The van der Waals surface area contributed by atoms with Gasteiger partial charge in [-0.05, 0) is 56.8 Å². The van der Waals surface area contributed by atoms with Gasteiger partial charge in [0.15, 0.2) is 0 Å². The van der Waals surface area contributed by atoms with Crippen LogP contribution >= 0.6 is 0 Å². The van der Waals surface area contributed by atoms with Crippen LogP contribution in [0, 0.1) is 5.92 Å². The van der Waals surface area contributed by atoms with Crippen LogP contribution in [0.5, 0.6) is 0 Å². The maximum atomic E-state index is 11.9. The number of benzene rings is 1. The molecule has 1 fully saturated rings. The summed E-state index contributed by atoms with van der Waals surface area (Å²) in [6.45, 7) is 9.44. The first-order valence-electron chi connectivity index (χ1n) is 9.06. The van der Waals surface area contributed by atoms with E-state index < -0.39 is 0 Å². The largest absolute Gasteiger partial charge is 0.338 e. The highest BCUT2D eigenvalue weighted by Crippen LogP contribution is 2.17. The van der Waals surface area contributed by atoms with Crippen molar-refractivity contribution >= 4 is 17.6 Å². The third-order valence-corrected chi connectivity index (χ3v) is 4.57. The van der Waals surface area contributed by atoms with Crippen LogP contribution in [0.1, 0.15) is 32.8 Å². The van der Waals surface area contributed by atoms with Crippen LogP contribution in [-0.4, -0.2) is 49.1 Å². The van der Waals surface area contributed by atoms with Gasteiger partial charge in [0.2, 0.25) is 5.91 Å². The molecule has 1 aliphatic rings. The number of anilines is 1. The first kappa shape index (κ1) is 19.2. The van der Waals surface area contributed by atoms with Gasteiger partial charge in [0.05, 0.1) is 0 Å². The van der Waals surface area contributed by atoms with E-state index in [0.29, 0.717) is 18.5 Å². The van der Waals surface area contributed by atoms with Crippen molar-refractivity contribution in [2.75, 3.05) is 31.5 Å². The maximum Gasteiger partial charge on any atom is 0.314 e. The van der Waals surface area contributed by atoms with Gasteiger partial charge >= 0.3 is 6.03 Å². The minimum Gasteiger partial charge on any atom is -0.338 e. The summed E-state index contributed by atoms with van der Waals surface area (Å²) in [5.74, 6) is 0.472. The average molecular weight is 346 g/mol. The van der Waals surface area contributed by atoms with E-state index >= 15 is 0 Å². The maximum absolute atomic E-state index is 11.9. The smallest absolute Gasteiger partial charge is 0.314 e. The van der Waals surface area contributed by atoms with Gasteiger partial charge in [0.25, 0.3) is 0 Å². The normalized spacial score (nSPS) is 17.5. The molecule has 0 saturated carbocycles. The summed E-state index contributed by atoms with van der Waals surface area (Å²) >= 11 is 0. The van der Waals surface area contributed by atoms with E-state index in [4.69, 9.17) is 0 Å². The Morgan fingerprint density at radius 3 is 2.52 bits per heavy atom. The fourth-order valence-electron chi connectivity index (χ4n) is 3.08. The number of nitrogens with zero attached hydrogens (tertiary/aromatic N) is 1. The van der Waals surface area contributed by atoms with E-state index in [-0.39, 0.29) is 11.9 Å². The summed E-state index contributed by atoms with van der Waals surface area (Å²) < 4.78 is 0. The molecule has 0 bridgehead atoms. The Morgan fingerprint density at radius 2 is 1.92 bits per heavy atom. The van der Waals surface area contributed by atoms with Crippen LogP contribution in [0.2, 0.25) is 0 Å². The zero-order chi connectivity index (χ0) is 18.2. The topological polar surface area (TPSA) is 73.5 Å². The highest BCUT2D eigenvalue weighted by atomic mass is 16.2. The minimum atomic E-state index is -0.0992. The SMILES string of the molecule is CC(=O)Nc1ccc(CCNC(=O)NC[C@@H]2CCN(C(C)C)C2)cc1. The van der Waals surface area contributed by atoms with Crippen molar-refractivity contribution in [2.24, 2.45) is 5.92 Å². The van der Waals surface area contributed by atoms with Gasteiger partial charge in [-0.15, -0.1) is 0 Å². The summed E-state index contributed by atoms with van der Waals surface area (Å²) in [7, 11) is 0. The molecule has 6 nitrogen and oxygen atoms in total. The summed E-state index contributed by atoms with van der Waals surface area (Å²) in [6, 6.07) is 8.15. The van der Waals surface area contributed by atoms with Crippen molar-refractivity contribution in [3.8, 4) is 0 Å². The molecule has 0 spiro atoms.